The van der Waals surface area contributed by atoms with Crippen LogP contribution in [0.4, 0.5) is 0 Å². The van der Waals surface area contributed by atoms with Crippen molar-refractivity contribution in [3.05, 3.63) is 0 Å². The number of ether oxygens (including phenoxy) is 1. The molecule has 1 aliphatic rings. The molecular formula is C13H27NO3Y. The summed E-state index contributed by atoms with van der Waals surface area (Å²) in [5, 5.41) is 12.6. The van der Waals surface area contributed by atoms with Crippen molar-refractivity contribution >= 4 is 0 Å². The minimum atomic E-state index is -1.05. The van der Waals surface area contributed by atoms with Crippen LogP contribution in [0.1, 0.15) is 53.4 Å². The Hall–Kier alpha value is 0.944. The van der Waals surface area contributed by atoms with Crippen LogP contribution in [-0.2, 0) is 42.3 Å². The molecule has 18 heavy (non-hydrogen) atoms. The zero-order chi connectivity index (χ0) is 13.3. The van der Waals surface area contributed by atoms with Gasteiger partial charge in [-0.2, -0.15) is 5.06 Å². The number of hydroxylamine groups is 2. The van der Waals surface area contributed by atoms with Gasteiger partial charge in [-0.25, -0.2) is 0 Å². The number of methoxy groups -OCH3 is 1. The summed E-state index contributed by atoms with van der Waals surface area (Å²) in [5.74, 6) is -1.05. The van der Waals surface area contributed by atoms with E-state index in [-0.39, 0.29) is 43.8 Å². The summed E-state index contributed by atoms with van der Waals surface area (Å²) in [6.45, 7) is 8.43. The van der Waals surface area contributed by atoms with E-state index in [1.807, 2.05) is 5.06 Å². The maximum Gasteiger partial charge on any atom is 0.168 e. The van der Waals surface area contributed by atoms with Crippen molar-refractivity contribution in [1.29, 1.82) is 0 Å². The third kappa shape index (κ3) is 3.33. The maximum absolute atomic E-state index is 10.5. The normalized spacial score (nSPS) is 30.8. The molecule has 105 valence electrons. The number of nitrogens with zero attached hydrogens (tertiary/aromatic N) is 1. The van der Waals surface area contributed by atoms with E-state index in [2.05, 4.69) is 27.7 Å². The van der Waals surface area contributed by atoms with Gasteiger partial charge in [0, 0.05) is 58.2 Å². The van der Waals surface area contributed by atoms with Crippen molar-refractivity contribution in [1.82, 2.24) is 5.06 Å². The molecule has 1 fully saturated rings. The van der Waals surface area contributed by atoms with Gasteiger partial charge in [-0.15, -0.1) is 0 Å². The molecule has 4 nitrogen and oxygen atoms in total. The third-order valence-electron chi connectivity index (χ3n) is 4.17. The van der Waals surface area contributed by atoms with Crippen molar-refractivity contribution in [3.8, 4) is 0 Å². The average Bonchev–Trinajstić information content (AvgIpc) is 2.26. The predicted octanol–water partition coefficient (Wildman–Crippen LogP) is 2.31. The minimum absolute atomic E-state index is 0. The molecule has 1 heterocycles. The van der Waals surface area contributed by atoms with E-state index in [4.69, 9.17) is 9.57 Å². The number of rotatable bonds is 4. The van der Waals surface area contributed by atoms with E-state index >= 15 is 0 Å². The SMILES string of the molecule is CCC1(CC)CC(O)(OC)CC(C)(C)N1OC.[Y]. The van der Waals surface area contributed by atoms with Crippen LogP contribution >= 0.6 is 0 Å². The molecule has 1 aliphatic heterocycles. The fraction of sp³-hybridized carbons (Fsp3) is 1.00. The fourth-order valence-electron chi connectivity index (χ4n) is 3.41. The molecule has 1 saturated heterocycles. The Morgan fingerprint density at radius 2 is 1.61 bits per heavy atom. The Kier molecular flexibility index (Phi) is 6.94. The zero-order valence-corrected chi connectivity index (χ0v) is 15.5. The first-order valence-electron chi connectivity index (χ1n) is 6.41. The zero-order valence-electron chi connectivity index (χ0n) is 12.6. The first kappa shape index (κ1) is 18.9. The van der Waals surface area contributed by atoms with Gasteiger partial charge in [0.25, 0.3) is 0 Å². The van der Waals surface area contributed by atoms with Crippen LogP contribution in [0.3, 0.4) is 0 Å². The Morgan fingerprint density at radius 1 is 1.11 bits per heavy atom. The van der Waals surface area contributed by atoms with Gasteiger partial charge in [0.05, 0.1) is 12.6 Å². The van der Waals surface area contributed by atoms with Gasteiger partial charge in [0.1, 0.15) is 0 Å². The molecule has 1 N–H and O–H groups in total. The summed E-state index contributed by atoms with van der Waals surface area (Å²) in [6, 6.07) is 0. The van der Waals surface area contributed by atoms with Crippen LogP contribution in [0.15, 0.2) is 0 Å². The van der Waals surface area contributed by atoms with E-state index in [9.17, 15) is 5.11 Å². The molecule has 1 atom stereocenters. The molecule has 0 spiro atoms. The second-order valence-electron chi connectivity index (χ2n) is 5.72. The van der Waals surface area contributed by atoms with Gasteiger partial charge in [0.2, 0.25) is 0 Å². The Bertz CT molecular complexity index is 269. The summed E-state index contributed by atoms with van der Waals surface area (Å²) in [4.78, 5) is 5.61. The van der Waals surface area contributed by atoms with E-state index < -0.39 is 5.79 Å². The van der Waals surface area contributed by atoms with Crippen molar-refractivity contribution in [2.24, 2.45) is 0 Å². The first-order chi connectivity index (χ1) is 7.79. The van der Waals surface area contributed by atoms with Crippen LogP contribution < -0.4 is 0 Å². The van der Waals surface area contributed by atoms with E-state index in [0.29, 0.717) is 12.8 Å². The number of hydrogen-bond donors (Lipinski definition) is 1. The van der Waals surface area contributed by atoms with Gasteiger partial charge < -0.3 is 14.7 Å². The topological polar surface area (TPSA) is 41.9 Å². The molecule has 1 unspecified atom stereocenters. The van der Waals surface area contributed by atoms with Crippen LogP contribution in [-0.4, -0.2) is 41.3 Å². The van der Waals surface area contributed by atoms with Gasteiger partial charge in [-0.3, -0.25) is 0 Å². The van der Waals surface area contributed by atoms with Crippen molar-refractivity contribution in [3.63, 3.8) is 0 Å². The second-order valence-corrected chi connectivity index (χ2v) is 5.72. The quantitative estimate of drug-likeness (QED) is 0.801. The molecule has 0 saturated carbocycles. The van der Waals surface area contributed by atoms with Crippen LogP contribution in [0.5, 0.6) is 0 Å². The molecule has 0 aromatic rings. The van der Waals surface area contributed by atoms with E-state index in [0.717, 1.165) is 12.8 Å². The molecule has 0 aliphatic carbocycles. The van der Waals surface area contributed by atoms with Gasteiger partial charge in [-0.05, 0) is 26.7 Å². The molecule has 0 aromatic heterocycles. The Morgan fingerprint density at radius 3 is 1.94 bits per heavy atom. The van der Waals surface area contributed by atoms with Gasteiger partial charge >= 0.3 is 0 Å². The molecule has 0 aromatic carbocycles. The summed E-state index contributed by atoms with van der Waals surface area (Å²) in [6.07, 6.45) is 2.98. The van der Waals surface area contributed by atoms with Crippen molar-refractivity contribution < 1.29 is 47.4 Å². The smallest absolute Gasteiger partial charge is 0.168 e. The first-order valence-corrected chi connectivity index (χ1v) is 6.41. The third-order valence-corrected chi connectivity index (χ3v) is 4.17. The van der Waals surface area contributed by atoms with Gasteiger partial charge in [0.15, 0.2) is 5.79 Å². The van der Waals surface area contributed by atoms with Crippen molar-refractivity contribution in [2.45, 2.75) is 70.2 Å². The number of hydrogen-bond acceptors (Lipinski definition) is 4. The average molecular weight is 334 g/mol. The minimum Gasteiger partial charge on any atom is -0.365 e. The van der Waals surface area contributed by atoms with Gasteiger partial charge in [-0.1, -0.05) is 13.8 Å². The molecule has 1 radical (unpaired) electrons. The van der Waals surface area contributed by atoms with Crippen molar-refractivity contribution in [2.75, 3.05) is 14.2 Å². The van der Waals surface area contributed by atoms with Crippen LogP contribution in [0.25, 0.3) is 0 Å². The standard InChI is InChI=1S/C13H27NO3.Y/c1-7-12(8-2)10-13(15,16-5)9-11(3,4)14(12)17-6;/h15H,7-10H2,1-6H3;. The summed E-state index contributed by atoms with van der Waals surface area (Å²) in [5.41, 5.74) is -0.412. The second kappa shape index (κ2) is 6.60. The predicted molar refractivity (Wildman–Crippen MR) is 67.4 cm³/mol. The van der Waals surface area contributed by atoms with E-state index in [1.54, 1.807) is 14.2 Å². The molecular weight excluding hydrogens is 307 g/mol. The Balaban J connectivity index is 0.00000289. The molecule has 1 rings (SSSR count). The van der Waals surface area contributed by atoms with Crippen LogP contribution in [0, 0.1) is 0 Å². The summed E-state index contributed by atoms with van der Waals surface area (Å²) in [7, 11) is 3.29. The maximum atomic E-state index is 10.5. The Labute approximate surface area is 136 Å². The largest absolute Gasteiger partial charge is 0.365 e. The van der Waals surface area contributed by atoms with Crippen LogP contribution in [0.2, 0.25) is 0 Å². The molecule has 0 bridgehead atoms. The molecule has 0 amide bonds. The molecule has 5 heteroatoms. The summed E-state index contributed by atoms with van der Waals surface area (Å²) < 4.78 is 5.34. The van der Waals surface area contributed by atoms with E-state index in [1.165, 1.54) is 0 Å². The number of aliphatic hydroxyl groups is 1. The summed E-state index contributed by atoms with van der Waals surface area (Å²) >= 11 is 0. The monoisotopic (exact) mass is 334 g/mol. The number of piperidine rings is 1. The fourth-order valence-corrected chi connectivity index (χ4v) is 3.41.